The van der Waals surface area contributed by atoms with E-state index in [1.165, 1.54) is 0 Å². The molecule has 2 N–H and O–H groups in total. The van der Waals surface area contributed by atoms with E-state index in [1.54, 1.807) is 4.68 Å². The van der Waals surface area contributed by atoms with Crippen LogP contribution in [0.5, 0.6) is 0 Å². The van der Waals surface area contributed by atoms with Crippen molar-refractivity contribution in [3.05, 3.63) is 29.1 Å². The standard InChI is InChI=1S/C16H21N3O3/c1-8-12(9(2)19(3)18-8)7-17-15(20)13-10-4-5-11(6-10)14(13)16(21)22/h4-5,10-11,13-14H,6-7H2,1-3H3,(H,17,20)(H,21,22)/t10-,11-,13+,14-/m0/s1. The van der Waals surface area contributed by atoms with Crippen molar-refractivity contribution in [1.29, 1.82) is 0 Å². The molecular formula is C16H21N3O3. The van der Waals surface area contributed by atoms with E-state index in [9.17, 15) is 14.7 Å². The van der Waals surface area contributed by atoms with E-state index in [4.69, 9.17) is 0 Å². The zero-order valence-electron chi connectivity index (χ0n) is 13.0. The number of allylic oxidation sites excluding steroid dienone is 2. The summed E-state index contributed by atoms with van der Waals surface area (Å²) in [5, 5.41) is 16.6. The highest BCUT2D eigenvalue weighted by molar-refractivity contribution is 5.86. The average molecular weight is 303 g/mol. The Morgan fingerprint density at radius 2 is 1.95 bits per heavy atom. The molecule has 2 aliphatic carbocycles. The van der Waals surface area contributed by atoms with E-state index in [0.717, 1.165) is 23.4 Å². The van der Waals surface area contributed by atoms with Crippen molar-refractivity contribution in [3.8, 4) is 0 Å². The fraction of sp³-hybridized carbons (Fsp3) is 0.562. The Hall–Kier alpha value is -2.11. The van der Waals surface area contributed by atoms with Gasteiger partial charge in [-0.05, 0) is 32.1 Å². The quantitative estimate of drug-likeness (QED) is 0.818. The number of carboxylic acids is 1. The number of amides is 1. The number of carbonyl (C=O) groups is 2. The molecule has 6 nitrogen and oxygen atoms in total. The number of hydrogen-bond donors (Lipinski definition) is 2. The zero-order chi connectivity index (χ0) is 16.0. The molecule has 0 unspecified atom stereocenters. The minimum Gasteiger partial charge on any atom is -0.481 e. The fourth-order valence-corrected chi connectivity index (χ4v) is 3.88. The van der Waals surface area contributed by atoms with Gasteiger partial charge >= 0.3 is 5.97 Å². The molecule has 1 saturated carbocycles. The third kappa shape index (κ3) is 2.23. The number of nitrogens with zero attached hydrogens (tertiary/aromatic N) is 2. The molecule has 6 heteroatoms. The maximum Gasteiger partial charge on any atom is 0.307 e. The Morgan fingerprint density at radius 3 is 2.50 bits per heavy atom. The average Bonchev–Trinajstić information content (AvgIpc) is 3.12. The van der Waals surface area contributed by atoms with Crippen LogP contribution < -0.4 is 5.32 Å². The second-order valence-corrected chi connectivity index (χ2v) is 6.33. The van der Waals surface area contributed by atoms with Crippen molar-refractivity contribution in [2.75, 3.05) is 0 Å². The van der Waals surface area contributed by atoms with Crippen molar-refractivity contribution in [3.63, 3.8) is 0 Å². The molecule has 22 heavy (non-hydrogen) atoms. The molecule has 3 rings (SSSR count). The van der Waals surface area contributed by atoms with E-state index in [-0.39, 0.29) is 17.7 Å². The van der Waals surface area contributed by atoms with Crippen LogP contribution in [-0.4, -0.2) is 26.8 Å². The molecule has 0 spiro atoms. The summed E-state index contributed by atoms with van der Waals surface area (Å²) in [6.07, 6.45) is 4.72. The van der Waals surface area contributed by atoms with Gasteiger partial charge in [0.15, 0.2) is 0 Å². The summed E-state index contributed by atoms with van der Waals surface area (Å²) in [5.41, 5.74) is 2.91. The molecule has 1 fully saturated rings. The van der Waals surface area contributed by atoms with Crippen molar-refractivity contribution in [2.24, 2.45) is 30.7 Å². The van der Waals surface area contributed by atoms with Crippen LogP contribution >= 0.6 is 0 Å². The number of rotatable bonds is 4. The number of aliphatic carboxylic acids is 1. The Balaban J connectivity index is 1.72. The van der Waals surface area contributed by atoms with Crippen molar-refractivity contribution < 1.29 is 14.7 Å². The van der Waals surface area contributed by atoms with Gasteiger partial charge in [-0.3, -0.25) is 14.3 Å². The van der Waals surface area contributed by atoms with Crippen LogP contribution in [0.1, 0.15) is 23.4 Å². The number of nitrogens with one attached hydrogen (secondary N) is 1. The SMILES string of the molecule is Cc1nn(C)c(C)c1CNC(=O)[C@H]1[C@@H](C(=O)O)[C@H]2C=C[C@H]1C2. The van der Waals surface area contributed by atoms with Crippen molar-refractivity contribution >= 4 is 11.9 Å². The molecule has 1 heterocycles. The van der Waals surface area contributed by atoms with E-state index >= 15 is 0 Å². The summed E-state index contributed by atoms with van der Waals surface area (Å²) in [6.45, 7) is 4.27. The van der Waals surface area contributed by atoms with E-state index in [1.807, 2.05) is 33.0 Å². The fourth-order valence-electron chi connectivity index (χ4n) is 3.88. The third-order valence-electron chi connectivity index (χ3n) is 5.15. The monoisotopic (exact) mass is 303 g/mol. The Morgan fingerprint density at radius 1 is 1.32 bits per heavy atom. The third-order valence-corrected chi connectivity index (χ3v) is 5.15. The largest absolute Gasteiger partial charge is 0.481 e. The van der Waals surface area contributed by atoms with Gasteiger partial charge in [-0.2, -0.15) is 5.10 Å². The van der Waals surface area contributed by atoms with Crippen LogP contribution in [0.25, 0.3) is 0 Å². The summed E-state index contributed by atoms with van der Waals surface area (Å²) in [7, 11) is 1.87. The summed E-state index contributed by atoms with van der Waals surface area (Å²) >= 11 is 0. The molecule has 1 amide bonds. The molecule has 2 bridgehead atoms. The van der Waals surface area contributed by atoms with Gasteiger partial charge < -0.3 is 10.4 Å². The summed E-state index contributed by atoms with van der Waals surface area (Å²) in [5.74, 6) is -2.02. The first-order valence-electron chi connectivity index (χ1n) is 7.58. The molecule has 118 valence electrons. The highest BCUT2D eigenvalue weighted by atomic mass is 16.4. The zero-order valence-corrected chi connectivity index (χ0v) is 13.0. The number of carboxylic acid groups (broad SMARTS) is 1. The first-order chi connectivity index (χ1) is 10.4. The molecular weight excluding hydrogens is 282 g/mol. The first-order valence-corrected chi connectivity index (χ1v) is 7.58. The summed E-state index contributed by atoms with van der Waals surface area (Å²) in [6, 6.07) is 0. The maximum absolute atomic E-state index is 12.5. The number of fused-ring (bicyclic) bond motifs is 2. The molecule has 0 aliphatic heterocycles. The number of aryl methyl sites for hydroxylation is 2. The first kappa shape index (κ1) is 14.8. The van der Waals surface area contributed by atoms with Gasteiger partial charge in [0, 0.05) is 24.8 Å². The van der Waals surface area contributed by atoms with Crippen LogP contribution in [0.3, 0.4) is 0 Å². The van der Waals surface area contributed by atoms with Crippen LogP contribution in [0.4, 0.5) is 0 Å². The number of hydrogen-bond acceptors (Lipinski definition) is 3. The van der Waals surface area contributed by atoms with Gasteiger partial charge in [-0.15, -0.1) is 0 Å². The normalized spacial score (nSPS) is 29.0. The van der Waals surface area contributed by atoms with Crippen molar-refractivity contribution in [1.82, 2.24) is 15.1 Å². The van der Waals surface area contributed by atoms with Gasteiger partial charge in [0.25, 0.3) is 0 Å². The molecule has 4 atom stereocenters. The lowest BCUT2D eigenvalue weighted by molar-refractivity contribution is -0.147. The predicted molar refractivity (Wildman–Crippen MR) is 79.9 cm³/mol. The summed E-state index contributed by atoms with van der Waals surface area (Å²) < 4.78 is 1.79. The van der Waals surface area contributed by atoms with E-state index < -0.39 is 17.8 Å². The van der Waals surface area contributed by atoms with Crippen LogP contribution in [-0.2, 0) is 23.2 Å². The topological polar surface area (TPSA) is 84.2 Å². The second kappa shape index (κ2) is 5.26. The summed E-state index contributed by atoms with van der Waals surface area (Å²) in [4.78, 5) is 24.0. The lowest BCUT2D eigenvalue weighted by Gasteiger charge is -2.23. The highest BCUT2D eigenvalue weighted by Gasteiger charge is 2.51. The Labute approximate surface area is 129 Å². The lowest BCUT2D eigenvalue weighted by atomic mass is 9.82. The van der Waals surface area contributed by atoms with E-state index in [0.29, 0.717) is 6.54 Å². The highest BCUT2D eigenvalue weighted by Crippen LogP contribution is 2.48. The molecule has 0 aromatic carbocycles. The van der Waals surface area contributed by atoms with Crippen LogP contribution in [0.15, 0.2) is 12.2 Å². The minimum atomic E-state index is -0.870. The smallest absolute Gasteiger partial charge is 0.307 e. The molecule has 0 radical (unpaired) electrons. The second-order valence-electron chi connectivity index (χ2n) is 6.33. The van der Waals surface area contributed by atoms with E-state index in [2.05, 4.69) is 10.4 Å². The van der Waals surface area contributed by atoms with Gasteiger partial charge in [0.1, 0.15) is 0 Å². The maximum atomic E-state index is 12.5. The molecule has 2 aliphatic rings. The molecule has 1 aromatic heterocycles. The molecule has 1 aromatic rings. The van der Waals surface area contributed by atoms with Crippen LogP contribution in [0.2, 0.25) is 0 Å². The van der Waals surface area contributed by atoms with Gasteiger partial charge in [-0.25, -0.2) is 0 Å². The van der Waals surface area contributed by atoms with Crippen molar-refractivity contribution in [2.45, 2.75) is 26.8 Å². The lowest BCUT2D eigenvalue weighted by Crippen LogP contribution is -2.40. The predicted octanol–water partition coefficient (Wildman–Crippen LogP) is 1.18. The Bertz CT molecular complexity index is 662. The number of aromatic nitrogens is 2. The van der Waals surface area contributed by atoms with Crippen LogP contribution in [0, 0.1) is 37.5 Å². The van der Waals surface area contributed by atoms with Gasteiger partial charge in [0.05, 0.1) is 17.5 Å². The number of carbonyl (C=O) groups excluding carboxylic acids is 1. The molecule has 0 saturated heterocycles. The minimum absolute atomic E-state index is 0.000106. The van der Waals surface area contributed by atoms with Gasteiger partial charge in [-0.1, -0.05) is 12.2 Å². The van der Waals surface area contributed by atoms with Gasteiger partial charge in [0.2, 0.25) is 5.91 Å². The Kier molecular flexibility index (Phi) is 3.54.